The SMILES string of the molecule is C1=CC(=CC2=NC(=CC3=NC(=CC4CCCN4)C=C3)C=C2)N=C1. The van der Waals surface area contributed by atoms with E-state index in [0.717, 1.165) is 35.1 Å². The van der Waals surface area contributed by atoms with Gasteiger partial charge in [-0.05, 0) is 74.1 Å². The molecule has 4 aliphatic rings. The minimum Gasteiger partial charge on any atom is -0.310 e. The summed E-state index contributed by atoms with van der Waals surface area (Å²) in [5.41, 5.74) is 4.76. The predicted octanol–water partition coefficient (Wildman–Crippen LogP) is 3.05. The zero-order valence-electron chi connectivity index (χ0n) is 12.8. The molecule has 1 fully saturated rings. The van der Waals surface area contributed by atoms with Crippen LogP contribution in [0.25, 0.3) is 0 Å². The van der Waals surface area contributed by atoms with Crippen LogP contribution in [0.3, 0.4) is 0 Å². The molecular weight excluding hydrogens is 284 g/mol. The Morgan fingerprint density at radius 1 is 0.913 bits per heavy atom. The van der Waals surface area contributed by atoms with E-state index >= 15 is 0 Å². The number of nitrogens with zero attached hydrogens (tertiary/aromatic N) is 3. The molecule has 0 bridgehead atoms. The molecule has 4 aliphatic heterocycles. The summed E-state index contributed by atoms with van der Waals surface area (Å²) >= 11 is 0. The van der Waals surface area contributed by atoms with E-state index in [1.54, 1.807) is 6.21 Å². The summed E-state index contributed by atoms with van der Waals surface area (Å²) in [6, 6.07) is 0.466. The van der Waals surface area contributed by atoms with Crippen LogP contribution in [0.4, 0.5) is 0 Å². The van der Waals surface area contributed by atoms with Crippen molar-refractivity contribution < 1.29 is 0 Å². The number of nitrogens with one attached hydrogen (secondary N) is 1. The molecule has 0 aromatic rings. The maximum absolute atomic E-state index is 4.64. The molecule has 0 spiro atoms. The van der Waals surface area contributed by atoms with E-state index in [-0.39, 0.29) is 0 Å². The summed E-state index contributed by atoms with van der Waals surface area (Å²) in [6.45, 7) is 1.11. The fraction of sp³-hybridized carbons (Fsp3) is 0.211. The van der Waals surface area contributed by atoms with Gasteiger partial charge >= 0.3 is 0 Å². The van der Waals surface area contributed by atoms with Gasteiger partial charge in [-0.3, -0.25) is 4.99 Å². The second-order valence-corrected chi connectivity index (χ2v) is 5.81. The van der Waals surface area contributed by atoms with Crippen LogP contribution in [0.5, 0.6) is 0 Å². The first-order valence-electron chi connectivity index (χ1n) is 7.98. The number of hydrogen-bond acceptors (Lipinski definition) is 4. The minimum absolute atomic E-state index is 0.466. The Kier molecular flexibility index (Phi) is 3.82. The van der Waals surface area contributed by atoms with Crippen molar-refractivity contribution in [3.63, 3.8) is 0 Å². The van der Waals surface area contributed by atoms with Crippen LogP contribution in [-0.4, -0.2) is 30.2 Å². The fourth-order valence-corrected chi connectivity index (χ4v) is 2.88. The molecule has 1 saturated heterocycles. The van der Waals surface area contributed by atoms with Gasteiger partial charge in [0.15, 0.2) is 0 Å². The smallest absolute Gasteiger partial charge is 0.0659 e. The van der Waals surface area contributed by atoms with E-state index in [9.17, 15) is 0 Å². The molecule has 1 N–H and O–H groups in total. The molecule has 4 heteroatoms. The van der Waals surface area contributed by atoms with Crippen LogP contribution in [0.15, 0.2) is 86.8 Å². The van der Waals surface area contributed by atoms with Crippen molar-refractivity contribution in [1.82, 2.24) is 5.32 Å². The van der Waals surface area contributed by atoms with Gasteiger partial charge in [0.2, 0.25) is 0 Å². The Hall–Kier alpha value is -2.59. The maximum Gasteiger partial charge on any atom is 0.0659 e. The van der Waals surface area contributed by atoms with Crippen LogP contribution < -0.4 is 5.32 Å². The van der Waals surface area contributed by atoms with Crippen molar-refractivity contribution in [2.24, 2.45) is 15.0 Å². The fourth-order valence-electron chi connectivity index (χ4n) is 2.88. The first-order chi connectivity index (χ1) is 11.3. The summed E-state index contributed by atoms with van der Waals surface area (Å²) in [6.07, 6.45) is 22.4. The largest absolute Gasteiger partial charge is 0.310 e. The number of aliphatic imine (C=N–C) groups is 3. The summed E-state index contributed by atoms with van der Waals surface area (Å²) in [5, 5.41) is 3.46. The summed E-state index contributed by atoms with van der Waals surface area (Å²) in [7, 11) is 0. The summed E-state index contributed by atoms with van der Waals surface area (Å²) in [4.78, 5) is 13.4. The van der Waals surface area contributed by atoms with Crippen LogP contribution in [-0.2, 0) is 0 Å². The standard InChI is InChI=1S/C19H18N4/c1-3-14(20-9-1)11-16-5-7-18(22-16)13-19-8-6-17(23-19)12-15-4-2-10-21-15/h1,3,5-9,11-13,15,21H,2,4,10H2. The molecule has 1 unspecified atom stereocenters. The highest BCUT2D eigenvalue weighted by molar-refractivity contribution is 6.11. The van der Waals surface area contributed by atoms with Crippen molar-refractivity contribution >= 4 is 17.6 Å². The van der Waals surface area contributed by atoms with Crippen molar-refractivity contribution in [1.29, 1.82) is 0 Å². The van der Waals surface area contributed by atoms with Gasteiger partial charge in [0.25, 0.3) is 0 Å². The average Bonchev–Trinajstić information content (AvgIpc) is 3.31. The monoisotopic (exact) mass is 302 g/mol. The van der Waals surface area contributed by atoms with Crippen LogP contribution in [0, 0.1) is 0 Å². The molecule has 4 heterocycles. The Labute approximate surface area is 135 Å². The van der Waals surface area contributed by atoms with Crippen molar-refractivity contribution in [3.8, 4) is 0 Å². The average molecular weight is 302 g/mol. The molecular formula is C19H18N4. The molecule has 23 heavy (non-hydrogen) atoms. The third-order valence-corrected chi connectivity index (χ3v) is 4.00. The van der Waals surface area contributed by atoms with Crippen molar-refractivity contribution in [2.75, 3.05) is 6.54 Å². The third kappa shape index (κ3) is 3.43. The van der Waals surface area contributed by atoms with Crippen LogP contribution in [0.2, 0.25) is 0 Å². The Morgan fingerprint density at radius 3 is 2.43 bits per heavy atom. The van der Waals surface area contributed by atoms with E-state index in [2.05, 4.69) is 32.4 Å². The second kappa shape index (κ2) is 6.26. The van der Waals surface area contributed by atoms with Gasteiger partial charge in [-0.15, -0.1) is 0 Å². The molecule has 0 radical (unpaired) electrons. The number of rotatable bonds is 3. The van der Waals surface area contributed by atoms with Crippen molar-refractivity contribution in [2.45, 2.75) is 18.9 Å². The predicted molar refractivity (Wildman–Crippen MR) is 96.1 cm³/mol. The molecule has 0 amide bonds. The molecule has 1 atom stereocenters. The molecule has 114 valence electrons. The highest BCUT2D eigenvalue weighted by Crippen LogP contribution is 2.18. The van der Waals surface area contributed by atoms with Gasteiger partial charge < -0.3 is 5.32 Å². The Balaban J connectivity index is 1.47. The molecule has 0 aromatic heterocycles. The molecule has 0 saturated carbocycles. The highest BCUT2D eigenvalue weighted by Gasteiger charge is 2.13. The lowest BCUT2D eigenvalue weighted by molar-refractivity contribution is 0.723. The molecule has 4 rings (SSSR count). The molecule has 4 nitrogen and oxygen atoms in total. The van der Waals surface area contributed by atoms with Gasteiger partial charge in [0, 0.05) is 12.3 Å². The van der Waals surface area contributed by atoms with Gasteiger partial charge in [-0.1, -0.05) is 0 Å². The van der Waals surface area contributed by atoms with Gasteiger partial charge in [-0.2, -0.15) is 0 Å². The lowest BCUT2D eigenvalue weighted by atomic mass is 10.2. The topological polar surface area (TPSA) is 49.1 Å². The van der Waals surface area contributed by atoms with E-state index in [4.69, 9.17) is 0 Å². The van der Waals surface area contributed by atoms with Crippen molar-refractivity contribution in [3.05, 3.63) is 71.8 Å². The number of allylic oxidation sites excluding steroid dienone is 8. The van der Waals surface area contributed by atoms with E-state index in [1.165, 1.54) is 12.8 Å². The second-order valence-electron chi connectivity index (χ2n) is 5.81. The highest BCUT2D eigenvalue weighted by atomic mass is 14.9. The summed E-state index contributed by atoms with van der Waals surface area (Å²) in [5.74, 6) is 0. The first kappa shape index (κ1) is 14.0. The Bertz CT molecular complexity index is 762. The maximum atomic E-state index is 4.64. The Morgan fingerprint density at radius 2 is 1.70 bits per heavy atom. The van der Waals surface area contributed by atoms with E-state index < -0.39 is 0 Å². The quantitative estimate of drug-likeness (QED) is 0.856. The molecule has 0 aliphatic carbocycles. The van der Waals surface area contributed by atoms with Crippen LogP contribution >= 0.6 is 0 Å². The van der Waals surface area contributed by atoms with Gasteiger partial charge in [0.1, 0.15) is 0 Å². The lowest BCUT2D eigenvalue weighted by Crippen LogP contribution is -2.18. The van der Waals surface area contributed by atoms with Crippen LogP contribution in [0.1, 0.15) is 12.8 Å². The number of hydrogen-bond donors (Lipinski definition) is 1. The minimum atomic E-state index is 0.466. The van der Waals surface area contributed by atoms with Gasteiger partial charge in [0.05, 0.1) is 28.5 Å². The van der Waals surface area contributed by atoms with E-state index in [0.29, 0.717) is 6.04 Å². The zero-order chi connectivity index (χ0) is 15.5. The first-order valence-corrected chi connectivity index (χ1v) is 7.98. The molecule has 0 aromatic carbocycles. The van der Waals surface area contributed by atoms with Gasteiger partial charge in [-0.25, -0.2) is 9.98 Å². The summed E-state index contributed by atoms with van der Waals surface area (Å²) < 4.78 is 0. The van der Waals surface area contributed by atoms with E-state index in [1.807, 2.05) is 42.5 Å². The third-order valence-electron chi connectivity index (χ3n) is 4.00. The lowest BCUT2D eigenvalue weighted by Gasteiger charge is -2.02. The zero-order valence-corrected chi connectivity index (χ0v) is 12.8. The normalized spacial score (nSPS) is 30.4.